The molecule has 7 nitrogen and oxygen atoms in total. The molecule has 1 fully saturated rings. The van der Waals surface area contributed by atoms with Crippen LogP contribution in [0.25, 0.3) is 11.2 Å². The van der Waals surface area contributed by atoms with Crippen LogP contribution in [0.3, 0.4) is 0 Å². The maximum absolute atomic E-state index is 14.4. The highest BCUT2D eigenvalue weighted by atomic mass is 19.1. The molecule has 3 rings (SSSR count). The van der Waals surface area contributed by atoms with Crippen molar-refractivity contribution in [2.75, 3.05) is 6.61 Å². The highest BCUT2D eigenvalue weighted by Gasteiger charge is 2.47. The third-order valence-electron chi connectivity index (χ3n) is 3.94. The molecule has 2 heterocycles. The Kier molecular flexibility index (Phi) is 3.14. The van der Waals surface area contributed by atoms with Crippen molar-refractivity contribution in [1.29, 1.82) is 0 Å². The monoisotopic (exact) mass is 294 g/mol. The first-order chi connectivity index (χ1) is 9.95. The van der Waals surface area contributed by atoms with Crippen LogP contribution in [0.15, 0.2) is 23.3 Å². The molecular formula is C13H15FN4O3. The fourth-order valence-corrected chi connectivity index (χ4v) is 2.85. The first-order valence-electron chi connectivity index (χ1n) is 6.50. The Balaban J connectivity index is 2.17. The highest BCUT2D eigenvalue weighted by Crippen LogP contribution is 2.41. The van der Waals surface area contributed by atoms with E-state index in [2.05, 4.69) is 21.5 Å². The number of hydrogen-bond acceptors (Lipinski definition) is 5. The van der Waals surface area contributed by atoms with Crippen molar-refractivity contribution in [1.82, 2.24) is 19.5 Å². The van der Waals surface area contributed by atoms with E-state index in [0.717, 1.165) is 0 Å². The van der Waals surface area contributed by atoms with Crippen LogP contribution < -0.4 is 5.56 Å². The molecule has 1 aliphatic rings. The van der Waals surface area contributed by atoms with E-state index < -0.39 is 36.4 Å². The molecule has 0 amide bonds. The first kappa shape index (κ1) is 13.9. The molecule has 0 saturated heterocycles. The Labute approximate surface area is 118 Å². The fourth-order valence-electron chi connectivity index (χ4n) is 2.85. The van der Waals surface area contributed by atoms with E-state index in [4.69, 9.17) is 0 Å². The van der Waals surface area contributed by atoms with Crippen LogP contribution >= 0.6 is 0 Å². The van der Waals surface area contributed by atoms with Gasteiger partial charge in [0.1, 0.15) is 5.82 Å². The van der Waals surface area contributed by atoms with Gasteiger partial charge in [0.05, 0.1) is 25.1 Å². The summed E-state index contributed by atoms with van der Waals surface area (Å²) in [7, 11) is 0. The van der Waals surface area contributed by atoms with Crippen LogP contribution in [-0.4, -0.2) is 48.6 Å². The van der Waals surface area contributed by atoms with Gasteiger partial charge in [-0.2, -0.15) is 0 Å². The van der Waals surface area contributed by atoms with Gasteiger partial charge in [0.15, 0.2) is 17.3 Å². The molecule has 0 aliphatic heterocycles. The molecule has 21 heavy (non-hydrogen) atoms. The SMILES string of the molecule is C=C1[C@@H](n2cnc3c(=O)[nH]c(C)nc32)[C@@H](F)[C@H](O)[C@H]1CO. The van der Waals surface area contributed by atoms with Gasteiger partial charge in [0.2, 0.25) is 0 Å². The van der Waals surface area contributed by atoms with E-state index in [1.54, 1.807) is 6.92 Å². The average Bonchev–Trinajstić information content (AvgIpc) is 2.91. The van der Waals surface area contributed by atoms with Gasteiger partial charge in [-0.25, -0.2) is 14.4 Å². The van der Waals surface area contributed by atoms with E-state index in [1.165, 1.54) is 10.9 Å². The Morgan fingerprint density at radius 1 is 1.57 bits per heavy atom. The minimum atomic E-state index is -1.64. The summed E-state index contributed by atoms with van der Waals surface area (Å²) in [6.07, 6.45) is -1.68. The molecule has 2 aromatic rings. The molecule has 0 aromatic carbocycles. The van der Waals surface area contributed by atoms with Crippen molar-refractivity contribution >= 4 is 11.2 Å². The van der Waals surface area contributed by atoms with E-state index >= 15 is 0 Å². The summed E-state index contributed by atoms with van der Waals surface area (Å²) < 4.78 is 15.8. The molecule has 3 N–H and O–H groups in total. The molecule has 4 atom stereocenters. The molecule has 1 saturated carbocycles. The molecule has 8 heteroatoms. The summed E-state index contributed by atoms with van der Waals surface area (Å²) in [5.74, 6) is -0.363. The zero-order valence-electron chi connectivity index (χ0n) is 11.3. The average molecular weight is 294 g/mol. The number of H-pyrrole nitrogens is 1. The number of imidazole rings is 1. The summed E-state index contributed by atoms with van der Waals surface area (Å²) in [5, 5.41) is 19.1. The lowest BCUT2D eigenvalue weighted by atomic mass is 10.0. The van der Waals surface area contributed by atoms with Crippen molar-refractivity contribution in [3.8, 4) is 0 Å². The lowest BCUT2D eigenvalue weighted by molar-refractivity contribution is 0.0426. The standard InChI is InChI=1S/C13H15FN4O3/c1-5-7(3-19)11(20)8(14)10(5)18-4-15-9-12(18)16-6(2)17-13(9)21/h4,7-8,10-11,19-20H,1,3H2,2H3,(H,16,17,21)/t7-,8+,10+,11+/m0/s1. The van der Waals surface area contributed by atoms with Crippen LogP contribution in [0.2, 0.25) is 0 Å². The predicted octanol–water partition coefficient (Wildman–Crippen LogP) is -0.154. The number of aliphatic hydroxyl groups is 2. The fraction of sp³-hybridized carbons (Fsp3) is 0.462. The van der Waals surface area contributed by atoms with Gasteiger partial charge in [0.25, 0.3) is 5.56 Å². The van der Waals surface area contributed by atoms with Crippen molar-refractivity contribution in [3.63, 3.8) is 0 Å². The van der Waals surface area contributed by atoms with Gasteiger partial charge in [-0.05, 0) is 12.5 Å². The zero-order valence-corrected chi connectivity index (χ0v) is 11.3. The Bertz CT molecular complexity index is 768. The van der Waals surface area contributed by atoms with Gasteiger partial charge >= 0.3 is 0 Å². The number of aryl methyl sites for hydroxylation is 1. The number of aromatic amines is 1. The molecule has 0 radical (unpaired) electrons. The van der Waals surface area contributed by atoms with E-state index in [9.17, 15) is 19.4 Å². The number of aromatic nitrogens is 4. The first-order valence-corrected chi connectivity index (χ1v) is 6.50. The quantitative estimate of drug-likeness (QED) is 0.668. The van der Waals surface area contributed by atoms with Gasteiger partial charge < -0.3 is 19.8 Å². The largest absolute Gasteiger partial charge is 0.396 e. The topological polar surface area (TPSA) is 104 Å². The molecule has 0 spiro atoms. The summed E-state index contributed by atoms with van der Waals surface area (Å²) in [6.45, 7) is 4.99. The van der Waals surface area contributed by atoms with Gasteiger partial charge in [-0.3, -0.25) is 4.79 Å². The summed E-state index contributed by atoms with van der Waals surface area (Å²) in [5.41, 5.74) is 0.282. The Hall–Kier alpha value is -2.06. The molecule has 0 unspecified atom stereocenters. The van der Waals surface area contributed by atoms with E-state index in [-0.39, 0.29) is 11.2 Å². The third-order valence-corrected chi connectivity index (χ3v) is 3.94. The van der Waals surface area contributed by atoms with Crippen LogP contribution in [0.5, 0.6) is 0 Å². The molecule has 112 valence electrons. The number of hydrogen-bond donors (Lipinski definition) is 3. The maximum Gasteiger partial charge on any atom is 0.279 e. The van der Waals surface area contributed by atoms with Crippen LogP contribution in [0.1, 0.15) is 11.9 Å². The number of halogens is 1. The number of nitrogens with one attached hydrogen (secondary N) is 1. The smallest absolute Gasteiger partial charge is 0.279 e. The Morgan fingerprint density at radius 3 is 2.90 bits per heavy atom. The minimum Gasteiger partial charge on any atom is -0.396 e. The second-order valence-electron chi connectivity index (χ2n) is 5.22. The van der Waals surface area contributed by atoms with Gasteiger partial charge in [0, 0.05) is 5.92 Å². The zero-order chi connectivity index (χ0) is 15.3. The lowest BCUT2D eigenvalue weighted by Gasteiger charge is -2.17. The number of rotatable bonds is 2. The van der Waals surface area contributed by atoms with Gasteiger partial charge in [-0.15, -0.1) is 0 Å². The van der Waals surface area contributed by atoms with Crippen molar-refractivity contribution in [3.05, 3.63) is 34.7 Å². The maximum atomic E-state index is 14.4. The molecular weight excluding hydrogens is 279 g/mol. The van der Waals surface area contributed by atoms with E-state index in [0.29, 0.717) is 11.4 Å². The van der Waals surface area contributed by atoms with Crippen LogP contribution in [-0.2, 0) is 0 Å². The van der Waals surface area contributed by atoms with Crippen molar-refractivity contribution in [2.24, 2.45) is 5.92 Å². The Morgan fingerprint density at radius 2 is 2.29 bits per heavy atom. The number of alkyl halides is 1. The number of fused-ring (bicyclic) bond motifs is 1. The minimum absolute atomic E-state index is 0.0996. The second kappa shape index (κ2) is 4.74. The van der Waals surface area contributed by atoms with Crippen molar-refractivity contribution in [2.45, 2.75) is 25.2 Å². The highest BCUT2D eigenvalue weighted by molar-refractivity contribution is 5.69. The predicted molar refractivity (Wildman–Crippen MR) is 72.5 cm³/mol. The van der Waals surface area contributed by atoms with Crippen LogP contribution in [0.4, 0.5) is 4.39 Å². The second-order valence-corrected chi connectivity index (χ2v) is 5.22. The molecule has 0 bridgehead atoms. The number of aliphatic hydroxyl groups excluding tert-OH is 2. The summed E-state index contributed by atoms with van der Waals surface area (Å²) in [6, 6.07) is -0.907. The molecule has 1 aliphatic carbocycles. The molecule has 2 aromatic heterocycles. The number of nitrogens with zero attached hydrogens (tertiary/aromatic N) is 3. The summed E-state index contributed by atoms with van der Waals surface area (Å²) >= 11 is 0. The van der Waals surface area contributed by atoms with Gasteiger partial charge in [-0.1, -0.05) is 6.58 Å². The van der Waals surface area contributed by atoms with Crippen molar-refractivity contribution < 1.29 is 14.6 Å². The normalized spacial score (nSPS) is 29.4. The summed E-state index contributed by atoms with van der Waals surface area (Å²) in [4.78, 5) is 22.5. The van der Waals surface area contributed by atoms with E-state index in [1.807, 2.05) is 0 Å². The lowest BCUT2D eigenvalue weighted by Crippen LogP contribution is -2.27. The van der Waals surface area contributed by atoms with Crippen LogP contribution in [0, 0.1) is 12.8 Å². The third kappa shape index (κ3) is 1.90.